The highest BCUT2D eigenvalue weighted by atomic mass is 35.5. The van der Waals surface area contributed by atoms with Gasteiger partial charge in [0, 0.05) is 30.6 Å². The number of nitrogens with zero attached hydrogens (tertiary/aromatic N) is 2. The predicted molar refractivity (Wildman–Crippen MR) is 75.5 cm³/mol. The molecule has 0 spiro atoms. The molecule has 1 aromatic carbocycles. The first-order chi connectivity index (χ1) is 9.06. The van der Waals surface area contributed by atoms with Crippen molar-refractivity contribution in [2.45, 2.75) is 20.0 Å². The Labute approximate surface area is 119 Å². The second-order valence-electron chi connectivity index (χ2n) is 3.99. The van der Waals surface area contributed by atoms with E-state index in [1.807, 2.05) is 12.3 Å². The third-order valence-electron chi connectivity index (χ3n) is 2.54. The first kappa shape index (κ1) is 13.9. The van der Waals surface area contributed by atoms with Gasteiger partial charge in [0.1, 0.15) is 0 Å². The molecule has 2 aromatic rings. The van der Waals surface area contributed by atoms with Crippen LogP contribution in [0.5, 0.6) is 0 Å². The minimum atomic E-state index is -0.457. The molecule has 0 amide bonds. The molecule has 0 aliphatic heterocycles. The van der Waals surface area contributed by atoms with E-state index < -0.39 is 4.92 Å². The van der Waals surface area contributed by atoms with Gasteiger partial charge in [-0.3, -0.25) is 10.1 Å². The Kier molecular flexibility index (Phi) is 4.47. The number of halogens is 1. The zero-order valence-corrected chi connectivity index (χ0v) is 11.8. The summed E-state index contributed by atoms with van der Waals surface area (Å²) in [7, 11) is 0. The molecule has 0 aliphatic rings. The number of hydrogen-bond acceptors (Lipinski definition) is 5. The molecule has 0 saturated carbocycles. The van der Waals surface area contributed by atoms with Crippen LogP contribution in [-0.2, 0) is 13.1 Å². The maximum absolute atomic E-state index is 10.6. The van der Waals surface area contributed by atoms with Crippen LogP contribution in [-0.4, -0.2) is 9.91 Å². The number of aromatic nitrogens is 1. The van der Waals surface area contributed by atoms with Gasteiger partial charge in [-0.05, 0) is 18.6 Å². The lowest BCUT2D eigenvalue weighted by Crippen LogP contribution is -2.13. The molecule has 19 heavy (non-hydrogen) atoms. The van der Waals surface area contributed by atoms with Gasteiger partial charge in [-0.15, -0.1) is 11.3 Å². The molecular formula is C12H12ClN3O2S. The normalized spacial score (nSPS) is 10.6. The van der Waals surface area contributed by atoms with Crippen molar-refractivity contribution in [3.8, 4) is 0 Å². The van der Waals surface area contributed by atoms with Crippen LogP contribution < -0.4 is 5.32 Å². The van der Waals surface area contributed by atoms with E-state index in [2.05, 4.69) is 10.3 Å². The van der Waals surface area contributed by atoms with Gasteiger partial charge in [0.05, 0.1) is 20.6 Å². The molecule has 0 unspecified atom stereocenters. The number of thiazole rings is 1. The lowest BCUT2D eigenvalue weighted by Gasteiger charge is -2.05. The van der Waals surface area contributed by atoms with Crippen molar-refractivity contribution in [2.24, 2.45) is 0 Å². The Hall–Kier alpha value is -1.50. The molecule has 0 bridgehead atoms. The molecule has 0 aliphatic carbocycles. The molecule has 1 aromatic heterocycles. The number of hydrogen-bond donors (Lipinski definition) is 1. The number of nitro groups is 1. The SMILES string of the molecule is Cc1nc(CNCc2ccc([N+](=O)[O-])cc2Cl)cs1. The molecular weight excluding hydrogens is 286 g/mol. The average molecular weight is 298 g/mol. The van der Waals surface area contributed by atoms with Crippen LogP contribution in [0.25, 0.3) is 0 Å². The summed E-state index contributed by atoms with van der Waals surface area (Å²) in [6.45, 7) is 3.16. The van der Waals surface area contributed by atoms with Crippen molar-refractivity contribution < 1.29 is 4.92 Å². The summed E-state index contributed by atoms with van der Waals surface area (Å²) in [5.74, 6) is 0. The fraction of sp³-hybridized carbons (Fsp3) is 0.250. The van der Waals surface area contributed by atoms with Crippen LogP contribution in [0.3, 0.4) is 0 Å². The fourth-order valence-corrected chi connectivity index (χ4v) is 2.46. The van der Waals surface area contributed by atoms with Gasteiger partial charge < -0.3 is 5.32 Å². The maximum Gasteiger partial charge on any atom is 0.270 e. The molecule has 0 fully saturated rings. The first-order valence-corrected chi connectivity index (χ1v) is 6.86. The van der Waals surface area contributed by atoms with Crippen LogP contribution in [0.4, 0.5) is 5.69 Å². The maximum atomic E-state index is 10.6. The number of benzene rings is 1. The van der Waals surface area contributed by atoms with Crippen LogP contribution in [0.1, 0.15) is 16.3 Å². The molecule has 0 saturated heterocycles. The summed E-state index contributed by atoms with van der Waals surface area (Å²) in [6, 6.07) is 4.49. The topological polar surface area (TPSA) is 68.1 Å². The third kappa shape index (κ3) is 3.73. The third-order valence-corrected chi connectivity index (χ3v) is 3.71. The number of nitrogens with one attached hydrogen (secondary N) is 1. The molecule has 0 atom stereocenters. The molecule has 0 radical (unpaired) electrons. The lowest BCUT2D eigenvalue weighted by molar-refractivity contribution is -0.384. The van der Waals surface area contributed by atoms with E-state index in [1.54, 1.807) is 17.4 Å². The van der Waals surface area contributed by atoms with Crippen molar-refractivity contribution in [3.05, 3.63) is 55.0 Å². The summed E-state index contributed by atoms with van der Waals surface area (Å²) in [5.41, 5.74) is 1.82. The Morgan fingerprint density at radius 2 is 2.26 bits per heavy atom. The smallest absolute Gasteiger partial charge is 0.270 e. The predicted octanol–water partition coefficient (Wildman–Crippen LogP) is 3.30. The zero-order valence-electron chi connectivity index (χ0n) is 10.2. The van der Waals surface area contributed by atoms with Gasteiger partial charge in [0.25, 0.3) is 5.69 Å². The van der Waals surface area contributed by atoms with E-state index in [0.717, 1.165) is 16.3 Å². The fourth-order valence-electron chi connectivity index (χ4n) is 1.61. The van der Waals surface area contributed by atoms with Gasteiger partial charge in [-0.1, -0.05) is 11.6 Å². The average Bonchev–Trinajstić information content (AvgIpc) is 2.77. The van der Waals surface area contributed by atoms with Crippen molar-refractivity contribution in [1.29, 1.82) is 0 Å². The summed E-state index contributed by atoms with van der Waals surface area (Å²) in [6.07, 6.45) is 0. The molecule has 1 heterocycles. The second-order valence-corrected chi connectivity index (χ2v) is 5.46. The van der Waals surface area contributed by atoms with E-state index >= 15 is 0 Å². The van der Waals surface area contributed by atoms with E-state index in [0.29, 0.717) is 18.1 Å². The van der Waals surface area contributed by atoms with E-state index in [9.17, 15) is 10.1 Å². The van der Waals surface area contributed by atoms with Crippen LogP contribution in [0.2, 0.25) is 5.02 Å². The van der Waals surface area contributed by atoms with Gasteiger partial charge >= 0.3 is 0 Å². The molecule has 2 rings (SSSR count). The molecule has 1 N–H and O–H groups in total. The van der Waals surface area contributed by atoms with Crippen molar-refractivity contribution in [3.63, 3.8) is 0 Å². The highest BCUT2D eigenvalue weighted by Gasteiger charge is 2.09. The molecule has 5 nitrogen and oxygen atoms in total. The van der Waals surface area contributed by atoms with Gasteiger partial charge in [-0.2, -0.15) is 0 Å². The van der Waals surface area contributed by atoms with Crippen LogP contribution >= 0.6 is 22.9 Å². The second kappa shape index (κ2) is 6.10. The highest BCUT2D eigenvalue weighted by molar-refractivity contribution is 7.09. The van der Waals surface area contributed by atoms with Gasteiger partial charge in [0.2, 0.25) is 0 Å². The monoisotopic (exact) mass is 297 g/mol. The highest BCUT2D eigenvalue weighted by Crippen LogP contribution is 2.22. The van der Waals surface area contributed by atoms with Crippen molar-refractivity contribution >= 4 is 28.6 Å². The summed E-state index contributed by atoms with van der Waals surface area (Å²) >= 11 is 7.61. The number of aryl methyl sites for hydroxylation is 1. The Morgan fingerprint density at radius 3 is 2.84 bits per heavy atom. The van der Waals surface area contributed by atoms with Crippen LogP contribution in [0.15, 0.2) is 23.6 Å². The standard InChI is InChI=1S/C12H12ClN3O2S/c1-8-15-10(7-19-8)6-14-5-9-2-3-11(16(17)18)4-12(9)13/h2-4,7,14H,5-6H2,1H3. The Balaban J connectivity index is 1.94. The van der Waals surface area contributed by atoms with Crippen molar-refractivity contribution in [2.75, 3.05) is 0 Å². The minimum Gasteiger partial charge on any atom is -0.307 e. The quantitative estimate of drug-likeness (QED) is 0.679. The van der Waals surface area contributed by atoms with E-state index in [1.165, 1.54) is 12.1 Å². The molecule has 7 heteroatoms. The van der Waals surface area contributed by atoms with Crippen LogP contribution in [0, 0.1) is 17.0 Å². The number of nitro benzene ring substituents is 1. The molecule has 100 valence electrons. The lowest BCUT2D eigenvalue weighted by atomic mass is 10.2. The largest absolute Gasteiger partial charge is 0.307 e. The Bertz CT molecular complexity index is 600. The summed E-state index contributed by atoms with van der Waals surface area (Å²) < 4.78 is 0. The van der Waals surface area contributed by atoms with E-state index in [4.69, 9.17) is 11.6 Å². The van der Waals surface area contributed by atoms with Gasteiger partial charge in [-0.25, -0.2) is 4.98 Å². The van der Waals surface area contributed by atoms with Gasteiger partial charge in [0.15, 0.2) is 0 Å². The first-order valence-electron chi connectivity index (χ1n) is 5.61. The van der Waals surface area contributed by atoms with Crippen molar-refractivity contribution in [1.82, 2.24) is 10.3 Å². The number of non-ortho nitro benzene ring substituents is 1. The minimum absolute atomic E-state index is 0.00359. The number of rotatable bonds is 5. The van der Waals surface area contributed by atoms with E-state index in [-0.39, 0.29) is 5.69 Å². The summed E-state index contributed by atoms with van der Waals surface area (Å²) in [5, 5.41) is 17.2. The summed E-state index contributed by atoms with van der Waals surface area (Å²) in [4.78, 5) is 14.5. The Morgan fingerprint density at radius 1 is 1.47 bits per heavy atom. The zero-order chi connectivity index (χ0) is 13.8.